The van der Waals surface area contributed by atoms with Crippen LogP contribution < -0.4 is 0 Å². The minimum Gasteiger partial charge on any atom is -0.352 e. The van der Waals surface area contributed by atoms with E-state index in [4.69, 9.17) is 9.47 Å². The van der Waals surface area contributed by atoms with Gasteiger partial charge in [0.05, 0.1) is 13.2 Å². The first-order chi connectivity index (χ1) is 7.94. The molecule has 1 saturated heterocycles. The monoisotopic (exact) mass is 238 g/mol. The molecule has 1 atom stereocenters. The lowest BCUT2D eigenvalue weighted by Crippen LogP contribution is -2.48. The van der Waals surface area contributed by atoms with Gasteiger partial charge in [-0.2, -0.15) is 0 Å². The highest BCUT2D eigenvalue weighted by Gasteiger charge is 2.44. The second-order valence-electron chi connectivity index (χ2n) is 6.44. The zero-order valence-electron chi connectivity index (χ0n) is 11.9. The number of hydrogen-bond donors (Lipinski definition) is 0. The molecule has 1 unspecified atom stereocenters. The van der Waals surface area contributed by atoms with Crippen LogP contribution >= 0.6 is 0 Å². The van der Waals surface area contributed by atoms with E-state index in [2.05, 4.69) is 34.6 Å². The van der Waals surface area contributed by atoms with Crippen molar-refractivity contribution in [3.05, 3.63) is 11.1 Å². The maximum absolute atomic E-state index is 5.94. The Labute approximate surface area is 105 Å². The van der Waals surface area contributed by atoms with Crippen LogP contribution in [-0.2, 0) is 9.47 Å². The number of allylic oxidation sites excluding steroid dienone is 2. The third-order valence-corrected chi connectivity index (χ3v) is 4.62. The minimum atomic E-state index is 0.000124. The molecule has 17 heavy (non-hydrogen) atoms. The van der Waals surface area contributed by atoms with Gasteiger partial charge in [-0.05, 0) is 32.6 Å². The molecule has 1 fully saturated rings. The predicted octanol–water partition coefficient (Wildman–Crippen LogP) is 3.77. The zero-order chi connectivity index (χ0) is 12.6. The first-order valence-corrected chi connectivity index (χ1v) is 6.83. The summed E-state index contributed by atoms with van der Waals surface area (Å²) in [4.78, 5) is 0. The molecule has 1 heterocycles. The van der Waals surface area contributed by atoms with E-state index in [1.54, 1.807) is 11.1 Å². The molecule has 2 rings (SSSR count). The fraction of sp³-hybridized carbons (Fsp3) is 0.867. The van der Waals surface area contributed by atoms with Gasteiger partial charge in [0.25, 0.3) is 0 Å². The first-order valence-electron chi connectivity index (χ1n) is 6.83. The van der Waals surface area contributed by atoms with Crippen molar-refractivity contribution in [2.75, 3.05) is 13.2 Å². The Kier molecular flexibility index (Phi) is 3.65. The number of rotatable bonds is 1. The van der Waals surface area contributed by atoms with Gasteiger partial charge in [0, 0.05) is 11.3 Å². The molecule has 0 saturated carbocycles. The molecule has 0 aromatic carbocycles. The lowest BCUT2D eigenvalue weighted by molar-refractivity contribution is -0.256. The molecule has 0 amide bonds. The minimum absolute atomic E-state index is 0.000124. The lowest BCUT2D eigenvalue weighted by atomic mass is 9.66. The van der Waals surface area contributed by atoms with E-state index >= 15 is 0 Å². The van der Waals surface area contributed by atoms with Gasteiger partial charge in [-0.25, -0.2) is 0 Å². The summed E-state index contributed by atoms with van der Waals surface area (Å²) in [6.07, 6.45) is 2.34. The zero-order valence-corrected chi connectivity index (χ0v) is 11.9. The molecule has 1 aliphatic heterocycles. The molecule has 0 aromatic heterocycles. The van der Waals surface area contributed by atoms with Crippen LogP contribution in [0, 0.1) is 17.3 Å². The Morgan fingerprint density at radius 2 is 1.71 bits per heavy atom. The summed E-state index contributed by atoms with van der Waals surface area (Å²) >= 11 is 0. The van der Waals surface area contributed by atoms with Crippen LogP contribution in [0.2, 0.25) is 0 Å². The van der Waals surface area contributed by atoms with Crippen LogP contribution in [0.4, 0.5) is 0 Å². The maximum Gasteiger partial charge on any atom is 0.159 e. The molecule has 1 spiro atoms. The van der Waals surface area contributed by atoms with Gasteiger partial charge in [0.1, 0.15) is 0 Å². The Balaban J connectivity index is 2.07. The van der Waals surface area contributed by atoms with Gasteiger partial charge in [-0.3, -0.25) is 0 Å². The van der Waals surface area contributed by atoms with Gasteiger partial charge in [0.2, 0.25) is 0 Å². The van der Waals surface area contributed by atoms with E-state index in [0.29, 0.717) is 11.8 Å². The van der Waals surface area contributed by atoms with E-state index in [1.165, 1.54) is 6.42 Å². The lowest BCUT2D eigenvalue weighted by Gasteiger charge is -2.47. The quantitative estimate of drug-likeness (QED) is 0.647. The summed E-state index contributed by atoms with van der Waals surface area (Å²) in [5, 5.41) is 0. The van der Waals surface area contributed by atoms with E-state index in [9.17, 15) is 0 Å². The van der Waals surface area contributed by atoms with Crippen molar-refractivity contribution < 1.29 is 9.47 Å². The van der Waals surface area contributed by atoms with Crippen molar-refractivity contribution in [3.8, 4) is 0 Å². The molecular formula is C15H26O2. The summed E-state index contributed by atoms with van der Waals surface area (Å²) in [7, 11) is 0. The molecule has 0 aromatic rings. The van der Waals surface area contributed by atoms with Crippen molar-refractivity contribution in [2.24, 2.45) is 17.3 Å². The summed E-state index contributed by atoms with van der Waals surface area (Å²) in [5.74, 6) is 1.11. The van der Waals surface area contributed by atoms with Crippen molar-refractivity contribution in [3.63, 3.8) is 0 Å². The van der Waals surface area contributed by atoms with E-state index < -0.39 is 0 Å². The highest BCUT2D eigenvalue weighted by atomic mass is 16.7. The summed E-state index contributed by atoms with van der Waals surface area (Å²) in [6, 6.07) is 0. The second kappa shape index (κ2) is 4.74. The molecule has 1 aliphatic carbocycles. The molecular weight excluding hydrogens is 212 g/mol. The molecule has 2 heteroatoms. The second-order valence-corrected chi connectivity index (χ2v) is 6.44. The van der Waals surface area contributed by atoms with Crippen molar-refractivity contribution in [1.29, 1.82) is 0 Å². The van der Waals surface area contributed by atoms with Crippen molar-refractivity contribution >= 4 is 0 Å². The molecule has 2 nitrogen and oxygen atoms in total. The van der Waals surface area contributed by atoms with E-state index in [1.807, 2.05) is 0 Å². The van der Waals surface area contributed by atoms with E-state index in [0.717, 1.165) is 19.6 Å². The Hall–Kier alpha value is -0.340. The third-order valence-electron chi connectivity index (χ3n) is 4.62. The Morgan fingerprint density at radius 3 is 2.24 bits per heavy atom. The molecule has 0 bridgehead atoms. The average Bonchev–Trinajstić information content (AvgIpc) is 2.27. The smallest absolute Gasteiger partial charge is 0.159 e. The normalized spacial score (nSPS) is 39.2. The maximum atomic E-state index is 5.94. The number of hydrogen-bond acceptors (Lipinski definition) is 2. The Morgan fingerprint density at radius 1 is 1.12 bits per heavy atom. The predicted molar refractivity (Wildman–Crippen MR) is 69.7 cm³/mol. The van der Waals surface area contributed by atoms with Crippen LogP contribution in [0.25, 0.3) is 0 Å². The molecule has 0 N–H and O–H groups in total. The van der Waals surface area contributed by atoms with E-state index in [-0.39, 0.29) is 11.7 Å². The first kappa shape index (κ1) is 13.1. The van der Waals surface area contributed by atoms with Gasteiger partial charge in [-0.1, -0.05) is 31.9 Å². The van der Waals surface area contributed by atoms with Gasteiger partial charge < -0.3 is 9.47 Å². The summed E-state index contributed by atoms with van der Waals surface area (Å²) in [6.45, 7) is 12.9. The highest BCUT2D eigenvalue weighted by Crippen LogP contribution is 2.46. The third kappa shape index (κ3) is 2.43. The van der Waals surface area contributed by atoms with Gasteiger partial charge >= 0.3 is 0 Å². The standard InChI is InChI=1S/C15H26O2/c1-10(2)14-16-8-15(9-17-14)7-12(4)11(3)6-13(15)5/h10,13-14H,6-9H2,1-5H3. The fourth-order valence-electron chi connectivity index (χ4n) is 3.06. The Bertz CT molecular complexity index is 309. The fourth-order valence-corrected chi connectivity index (χ4v) is 3.06. The van der Waals surface area contributed by atoms with Crippen LogP contribution in [0.1, 0.15) is 47.5 Å². The van der Waals surface area contributed by atoms with Gasteiger partial charge in [-0.15, -0.1) is 0 Å². The van der Waals surface area contributed by atoms with Crippen LogP contribution in [0.3, 0.4) is 0 Å². The van der Waals surface area contributed by atoms with Crippen LogP contribution in [0.5, 0.6) is 0 Å². The highest BCUT2D eigenvalue weighted by molar-refractivity contribution is 5.18. The van der Waals surface area contributed by atoms with Crippen molar-refractivity contribution in [2.45, 2.75) is 53.8 Å². The summed E-state index contributed by atoms with van der Waals surface area (Å²) < 4.78 is 11.9. The summed E-state index contributed by atoms with van der Waals surface area (Å²) in [5.41, 5.74) is 3.34. The topological polar surface area (TPSA) is 18.5 Å². The molecule has 0 radical (unpaired) electrons. The van der Waals surface area contributed by atoms with Gasteiger partial charge in [0.15, 0.2) is 6.29 Å². The average molecular weight is 238 g/mol. The van der Waals surface area contributed by atoms with Crippen molar-refractivity contribution in [1.82, 2.24) is 0 Å². The van der Waals surface area contributed by atoms with Crippen LogP contribution in [0.15, 0.2) is 11.1 Å². The molecule has 98 valence electrons. The number of ether oxygens (including phenoxy) is 2. The molecule has 2 aliphatic rings. The largest absolute Gasteiger partial charge is 0.352 e. The SMILES string of the molecule is CC1=C(C)CC2(COC(C(C)C)OC2)C(C)C1. The van der Waals surface area contributed by atoms with Crippen LogP contribution in [-0.4, -0.2) is 19.5 Å².